The Morgan fingerprint density at radius 2 is 2.12 bits per heavy atom. The third-order valence-electron chi connectivity index (χ3n) is 2.55. The van der Waals surface area contributed by atoms with Gasteiger partial charge >= 0.3 is 0 Å². The summed E-state index contributed by atoms with van der Waals surface area (Å²) < 4.78 is 12.9. The summed E-state index contributed by atoms with van der Waals surface area (Å²) in [6.07, 6.45) is 3.73. The summed E-state index contributed by atoms with van der Waals surface area (Å²) >= 11 is 0. The van der Waals surface area contributed by atoms with Crippen LogP contribution in [0, 0.1) is 0 Å². The molecule has 0 radical (unpaired) electrons. The second-order valence-corrected chi connectivity index (χ2v) is 3.60. The van der Waals surface area contributed by atoms with Crippen LogP contribution >= 0.6 is 0 Å². The minimum atomic E-state index is 0.466. The largest absolute Gasteiger partial charge is 0.497 e. The molecule has 4 nitrogen and oxygen atoms in total. The van der Waals surface area contributed by atoms with Gasteiger partial charge in [0.15, 0.2) is 0 Å². The average Bonchev–Trinajstić information content (AvgIpc) is 2.84. The third kappa shape index (κ3) is 2.78. The molecule has 0 N–H and O–H groups in total. The molecule has 0 bridgehead atoms. The normalized spacial score (nSPS) is 10.2. The van der Waals surface area contributed by atoms with Crippen LogP contribution in [0.3, 0.4) is 0 Å². The van der Waals surface area contributed by atoms with Gasteiger partial charge in [0.25, 0.3) is 0 Å². The summed E-state index contributed by atoms with van der Waals surface area (Å²) in [4.78, 5) is 4.25. The third-order valence-corrected chi connectivity index (χ3v) is 2.55. The number of nitrogens with zero attached hydrogens (tertiary/aromatic N) is 2. The maximum atomic E-state index is 5.67. The molecule has 0 saturated heterocycles. The SMILES string of the molecule is CCn1ccnc1COc1cccc(OC)c1. The van der Waals surface area contributed by atoms with Crippen LogP contribution in [-0.2, 0) is 13.2 Å². The predicted molar refractivity (Wildman–Crippen MR) is 65.2 cm³/mol. The van der Waals surface area contributed by atoms with Gasteiger partial charge in [0, 0.05) is 25.0 Å². The van der Waals surface area contributed by atoms with Crippen LogP contribution in [0.15, 0.2) is 36.7 Å². The van der Waals surface area contributed by atoms with Crippen LogP contribution in [-0.4, -0.2) is 16.7 Å². The second kappa shape index (κ2) is 5.39. The van der Waals surface area contributed by atoms with Crippen LogP contribution in [0.5, 0.6) is 11.5 Å². The molecule has 90 valence electrons. The van der Waals surface area contributed by atoms with Crippen molar-refractivity contribution in [1.29, 1.82) is 0 Å². The number of imidazole rings is 1. The van der Waals surface area contributed by atoms with E-state index in [1.165, 1.54) is 0 Å². The fourth-order valence-corrected chi connectivity index (χ4v) is 1.61. The number of benzene rings is 1. The maximum Gasteiger partial charge on any atom is 0.146 e. The van der Waals surface area contributed by atoms with E-state index in [0.717, 1.165) is 23.9 Å². The van der Waals surface area contributed by atoms with E-state index in [1.807, 2.05) is 30.5 Å². The van der Waals surface area contributed by atoms with Gasteiger partial charge in [0.1, 0.15) is 23.9 Å². The Balaban J connectivity index is 2.02. The average molecular weight is 232 g/mol. The first-order valence-corrected chi connectivity index (χ1v) is 5.60. The molecule has 0 atom stereocenters. The van der Waals surface area contributed by atoms with Crippen LogP contribution < -0.4 is 9.47 Å². The van der Waals surface area contributed by atoms with E-state index in [0.29, 0.717) is 6.61 Å². The summed E-state index contributed by atoms with van der Waals surface area (Å²) in [6, 6.07) is 7.56. The lowest BCUT2D eigenvalue weighted by atomic mass is 10.3. The molecule has 4 heteroatoms. The molecule has 2 rings (SSSR count). The van der Waals surface area contributed by atoms with Gasteiger partial charge in [-0.1, -0.05) is 6.07 Å². The molecule has 0 aliphatic heterocycles. The van der Waals surface area contributed by atoms with Crippen molar-refractivity contribution in [1.82, 2.24) is 9.55 Å². The molecule has 1 aromatic carbocycles. The van der Waals surface area contributed by atoms with E-state index >= 15 is 0 Å². The van der Waals surface area contributed by atoms with E-state index in [1.54, 1.807) is 13.3 Å². The number of hydrogen-bond donors (Lipinski definition) is 0. The molecule has 1 heterocycles. The number of hydrogen-bond acceptors (Lipinski definition) is 3. The number of aromatic nitrogens is 2. The zero-order chi connectivity index (χ0) is 12.1. The Morgan fingerprint density at radius 3 is 2.88 bits per heavy atom. The fourth-order valence-electron chi connectivity index (χ4n) is 1.61. The first kappa shape index (κ1) is 11.5. The van der Waals surface area contributed by atoms with Gasteiger partial charge in [0.2, 0.25) is 0 Å². The lowest BCUT2D eigenvalue weighted by Gasteiger charge is -2.08. The van der Waals surface area contributed by atoms with Crippen LogP contribution in [0.4, 0.5) is 0 Å². The van der Waals surface area contributed by atoms with Gasteiger partial charge in [-0.15, -0.1) is 0 Å². The molecule has 0 aliphatic rings. The summed E-state index contributed by atoms with van der Waals surface area (Å²) in [6.45, 7) is 3.45. The van der Waals surface area contributed by atoms with Crippen molar-refractivity contribution in [2.75, 3.05) is 7.11 Å². The van der Waals surface area contributed by atoms with Crippen molar-refractivity contribution < 1.29 is 9.47 Å². The topological polar surface area (TPSA) is 36.3 Å². The smallest absolute Gasteiger partial charge is 0.146 e. The Bertz CT molecular complexity index is 480. The van der Waals surface area contributed by atoms with Gasteiger partial charge in [-0.2, -0.15) is 0 Å². The van der Waals surface area contributed by atoms with Gasteiger partial charge in [-0.25, -0.2) is 4.98 Å². The van der Waals surface area contributed by atoms with E-state index in [-0.39, 0.29) is 0 Å². The van der Waals surface area contributed by atoms with Gasteiger partial charge in [-0.3, -0.25) is 0 Å². The van der Waals surface area contributed by atoms with Crippen molar-refractivity contribution in [2.45, 2.75) is 20.1 Å². The highest BCUT2D eigenvalue weighted by Gasteiger charge is 2.02. The molecule has 0 spiro atoms. The number of ether oxygens (including phenoxy) is 2. The molecule has 0 saturated carbocycles. The van der Waals surface area contributed by atoms with E-state index in [4.69, 9.17) is 9.47 Å². The van der Waals surface area contributed by atoms with Gasteiger partial charge in [0.05, 0.1) is 7.11 Å². The zero-order valence-electron chi connectivity index (χ0n) is 10.1. The van der Waals surface area contributed by atoms with Gasteiger partial charge in [-0.05, 0) is 19.1 Å². The fraction of sp³-hybridized carbons (Fsp3) is 0.308. The monoisotopic (exact) mass is 232 g/mol. The van der Waals surface area contributed by atoms with Crippen molar-refractivity contribution in [3.8, 4) is 11.5 Å². The molecule has 17 heavy (non-hydrogen) atoms. The summed E-state index contributed by atoms with van der Waals surface area (Å²) in [5, 5.41) is 0. The Morgan fingerprint density at radius 1 is 1.29 bits per heavy atom. The quantitative estimate of drug-likeness (QED) is 0.794. The highest BCUT2D eigenvalue weighted by Crippen LogP contribution is 2.19. The van der Waals surface area contributed by atoms with Crippen molar-refractivity contribution in [3.63, 3.8) is 0 Å². The summed E-state index contributed by atoms with van der Waals surface area (Å²) in [5.74, 6) is 2.51. The standard InChI is InChI=1S/C13H16N2O2/c1-3-15-8-7-14-13(15)10-17-12-6-4-5-11(9-12)16-2/h4-9H,3,10H2,1-2H3. The summed E-state index contributed by atoms with van der Waals surface area (Å²) in [5.41, 5.74) is 0. The van der Waals surface area contributed by atoms with Crippen LogP contribution in [0.2, 0.25) is 0 Å². The van der Waals surface area contributed by atoms with Crippen molar-refractivity contribution in [3.05, 3.63) is 42.5 Å². The highest BCUT2D eigenvalue weighted by atomic mass is 16.5. The van der Waals surface area contributed by atoms with Gasteiger partial charge < -0.3 is 14.0 Å². The lowest BCUT2D eigenvalue weighted by molar-refractivity contribution is 0.288. The van der Waals surface area contributed by atoms with Crippen molar-refractivity contribution >= 4 is 0 Å². The van der Waals surface area contributed by atoms with Crippen molar-refractivity contribution in [2.24, 2.45) is 0 Å². The highest BCUT2D eigenvalue weighted by molar-refractivity contribution is 5.32. The van der Waals surface area contributed by atoms with E-state index < -0.39 is 0 Å². The number of rotatable bonds is 5. The number of aryl methyl sites for hydroxylation is 1. The van der Waals surface area contributed by atoms with E-state index in [9.17, 15) is 0 Å². The first-order valence-electron chi connectivity index (χ1n) is 5.60. The molecule has 1 aromatic heterocycles. The summed E-state index contributed by atoms with van der Waals surface area (Å²) in [7, 11) is 1.64. The number of methoxy groups -OCH3 is 1. The molecule has 2 aromatic rings. The zero-order valence-corrected chi connectivity index (χ0v) is 10.1. The van der Waals surface area contributed by atoms with E-state index in [2.05, 4.69) is 16.5 Å². The Kier molecular flexibility index (Phi) is 3.65. The Hall–Kier alpha value is -1.97. The van der Waals surface area contributed by atoms with Crippen LogP contribution in [0.1, 0.15) is 12.7 Å². The molecule has 0 fully saturated rings. The molecule has 0 unspecified atom stereocenters. The second-order valence-electron chi connectivity index (χ2n) is 3.60. The van der Waals surface area contributed by atoms with Crippen LogP contribution in [0.25, 0.3) is 0 Å². The minimum Gasteiger partial charge on any atom is -0.497 e. The molecular weight excluding hydrogens is 216 g/mol. The lowest BCUT2D eigenvalue weighted by Crippen LogP contribution is -2.05. The molecular formula is C13H16N2O2. The predicted octanol–water partition coefficient (Wildman–Crippen LogP) is 2.49. The molecule has 0 amide bonds. The Labute approximate surface area is 101 Å². The first-order chi connectivity index (χ1) is 8.33. The minimum absolute atomic E-state index is 0.466. The maximum absolute atomic E-state index is 5.67. The molecule has 0 aliphatic carbocycles.